The van der Waals surface area contributed by atoms with Gasteiger partial charge in [-0.1, -0.05) is 6.07 Å². The molecule has 0 spiro atoms. The molecular weight excluding hydrogens is 408 g/mol. The summed E-state index contributed by atoms with van der Waals surface area (Å²) in [6.07, 6.45) is 2.09. The van der Waals surface area contributed by atoms with Crippen LogP contribution < -0.4 is 19.5 Å². The van der Waals surface area contributed by atoms with Crippen LogP contribution in [0.5, 0.6) is 17.2 Å². The molecule has 1 atom stereocenters. The Labute approximate surface area is 187 Å². The maximum Gasteiger partial charge on any atom is 0.238 e. The maximum absolute atomic E-state index is 12.8. The summed E-state index contributed by atoms with van der Waals surface area (Å²) >= 11 is 0. The number of ether oxygens (including phenoxy) is 3. The van der Waals surface area contributed by atoms with Crippen LogP contribution in [-0.2, 0) is 4.79 Å². The largest absolute Gasteiger partial charge is 0.493 e. The lowest BCUT2D eigenvalue weighted by atomic mass is 9.97. The summed E-state index contributed by atoms with van der Waals surface area (Å²) in [5, 5.41) is 2.95. The molecule has 1 amide bonds. The van der Waals surface area contributed by atoms with Crippen molar-refractivity contribution in [2.45, 2.75) is 25.7 Å². The topological polar surface area (TPSA) is 88.7 Å². The molecule has 3 aromatic rings. The number of aryl methyl sites for hydroxylation is 1. The van der Waals surface area contributed by atoms with E-state index >= 15 is 0 Å². The Morgan fingerprint density at radius 2 is 1.91 bits per heavy atom. The molecule has 1 aliphatic heterocycles. The minimum absolute atomic E-state index is 0.0832. The Kier molecular flexibility index (Phi) is 6.50. The molecule has 0 bridgehead atoms. The number of methoxy groups -OCH3 is 3. The van der Waals surface area contributed by atoms with Crippen molar-refractivity contribution in [1.82, 2.24) is 14.9 Å². The second-order valence-electron chi connectivity index (χ2n) is 8.18. The summed E-state index contributed by atoms with van der Waals surface area (Å²) in [6, 6.07) is 9.71. The molecule has 1 fully saturated rings. The Balaban J connectivity index is 1.42. The highest BCUT2D eigenvalue weighted by Gasteiger charge is 2.25. The van der Waals surface area contributed by atoms with Crippen LogP contribution >= 0.6 is 0 Å². The van der Waals surface area contributed by atoms with Crippen LogP contribution in [0.25, 0.3) is 11.0 Å². The molecule has 0 saturated carbocycles. The van der Waals surface area contributed by atoms with Crippen LogP contribution in [0, 0.1) is 6.92 Å². The summed E-state index contributed by atoms with van der Waals surface area (Å²) < 4.78 is 16.1. The Bertz CT molecular complexity index is 1090. The van der Waals surface area contributed by atoms with E-state index < -0.39 is 0 Å². The number of hydrogen-bond donors (Lipinski definition) is 2. The van der Waals surface area contributed by atoms with Crippen molar-refractivity contribution in [3.8, 4) is 17.2 Å². The number of piperidine rings is 1. The highest BCUT2D eigenvalue weighted by molar-refractivity contribution is 5.93. The van der Waals surface area contributed by atoms with E-state index in [1.165, 1.54) is 5.56 Å². The number of H-pyrrole nitrogens is 1. The quantitative estimate of drug-likeness (QED) is 0.585. The van der Waals surface area contributed by atoms with Gasteiger partial charge in [0.05, 0.1) is 38.9 Å². The van der Waals surface area contributed by atoms with Crippen molar-refractivity contribution in [1.29, 1.82) is 0 Å². The average Bonchev–Trinajstić information content (AvgIpc) is 3.21. The second kappa shape index (κ2) is 9.48. The minimum atomic E-state index is -0.0832. The van der Waals surface area contributed by atoms with Crippen LogP contribution in [0.4, 0.5) is 5.69 Å². The lowest BCUT2D eigenvalue weighted by molar-refractivity contribution is -0.117. The van der Waals surface area contributed by atoms with Gasteiger partial charge in [0.15, 0.2) is 11.5 Å². The van der Waals surface area contributed by atoms with Gasteiger partial charge in [0, 0.05) is 30.3 Å². The first-order valence-corrected chi connectivity index (χ1v) is 10.8. The summed E-state index contributed by atoms with van der Waals surface area (Å²) in [7, 11) is 4.65. The molecule has 2 aromatic carbocycles. The molecule has 0 aliphatic carbocycles. The zero-order valence-corrected chi connectivity index (χ0v) is 19.0. The van der Waals surface area contributed by atoms with E-state index in [-0.39, 0.29) is 11.8 Å². The Morgan fingerprint density at radius 1 is 1.16 bits per heavy atom. The summed E-state index contributed by atoms with van der Waals surface area (Å²) in [4.78, 5) is 23.2. The van der Waals surface area contributed by atoms with E-state index in [1.54, 1.807) is 33.5 Å². The molecule has 1 aliphatic rings. The third kappa shape index (κ3) is 4.65. The zero-order valence-electron chi connectivity index (χ0n) is 19.0. The van der Waals surface area contributed by atoms with E-state index in [2.05, 4.69) is 40.3 Å². The van der Waals surface area contributed by atoms with Gasteiger partial charge in [-0.05, 0) is 44.0 Å². The van der Waals surface area contributed by atoms with Crippen LogP contribution in [0.15, 0.2) is 30.3 Å². The fourth-order valence-corrected chi connectivity index (χ4v) is 4.32. The lowest BCUT2D eigenvalue weighted by Gasteiger charge is -2.31. The van der Waals surface area contributed by atoms with E-state index in [0.29, 0.717) is 29.5 Å². The van der Waals surface area contributed by atoms with Gasteiger partial charge < -0.3 is 24.5 Å². The molecule has 4 rings (SSSR count). The number of aromatic amines is 1. The number of imidazole rings is 1. The molecule has 8 heteroatoms. The number of carbonyl (C=O) groups is 1. The number of aromatic nitrogens is 2. The molecule has 1 aromatic heterocycles. The van der Waals surface area contributed by atoms with Crippen LogP contribution in [0.1, 0.15) is 30.1 Å². The highest BCUT2D eigenvalue weighted by atomic mass is 16.5. The van der Waals surface area contributed by atoms with Gasteiger partial charge in [-0.25, -0.2) is 4.98 Å². The number of hydrogen-bond acceptors (Lipinski definition) is 6. The third-order valence-corrected chi connectivity index (χ3v) is 5.86. The maximum atomic E-state index is 12.8. The predicted octanol–water partition coefficient (Wildman–Crippen LogP) is 3.72. The van der Waals surface area contributed by atoms with Gasteiger partial charge in [0.25, 0.3) is 0 Å². The number of anilines is 1. The molecule has 8 nitrogen and oxygen atoms in total. The van der Waals surface area contributed by atoms with E-state index in [1.807, 2.05) is 0 Å². The number of fused-ring (bicyclic) bond motifs is 1. The summed E-state index contributed by atoms with van der Waals surface area (Å²) in [6.45, 7) is 4.07. The van der Waals surface area contributed by atoms with Gasteiger partial charge in [0.2, 0.25) is 11.7 Å². The molecule has 1 saturated heterocycles. The number of likely N-dealkylation sites (tertiary alicyclic amines) is 1. The van der Waals surface area contributed by atoms with Crippen LogP contribution in [-0.4, -0.2) is 61.7 Å². The Morgan fingerprint density at radius 3 is 2.59 bits per heavy atom. The van der Waals surface area contributed by atoms with Gasteiger partial charge >= 0.3 is 0 Å². The normalized spacial score (nSPS) is 16.7. The molecule has 2 heterocycles. The van der Waals surface area contributed by atoms with E-state index in [9.17, 15) is 4.79 Å². The lowest BCUT2D eigenvalue weighted by Crippen LogP contribution is -2.40. The highest BCUT2D eigenvalue weighted by Crippen LogP contribution is 2.40. The number of nitrogens with zero attached hydrogens (tertiary/aromatic N) is 2. The number of nitrogens with one attached hydrogen (secondary N) is 2. The minimum Gasteiger partial charge on any atom is -0.493 e. The first kappa shape index (κ1) is 22.0. The molecule has 32 heavy (non-hydrogen) atoms. The fraction of sp³-hybridized carbons (Fsp3) is 0.417. The number of carbonyl (C=O) groups excluding carboxylic acids is 1. The van der Waals surface area contributed by atoms with Crippen molar-refractivity contribution in [2.24, 2.45) is 0 Å². The van der Waals surface area contributed by atoms with Gasteiger partial charge in [-0.15, -0.1) is 0 Å². The van der Waals surface area contributed by atoms with Crippen molar-refractivity contribution in [2.75, 3.05) is 46.3 Å². The van der Waals surface area contributed by atoms with E-state index in [0.717, 1.165) is 42.8 Å². The predicted molar refractivity (Wildman–Crippen MR) is 124 cm³/mol. The standard InChI is InChI=1S/C24H30N4O4/c1-15-7-8-18-19(10-15)27-24(26-18)16-6-5-9-28(13-16)14-22(29)25-17-11-20(30-2)23(32-4)21(12-17)31-3/h7-8,10-12,16H,5-6,9,13-14H2,1-4H3,(H,25,29)(H,26,27)/t16-/m1/s1. The molecular formula is C24H30N4O4. The summed E-state index contributed by atoms with van der Waals surface area (Å²) in [5.74, 6) is 2.69. The first-order chi connectivity index (χ1) is 15.5. The van der Waals surface area contributed by atoms with E-state index in [4.69, 9.17) is 19.2 Å². The van der Waals surface area contributed by atoms with Crippen LogP contribution in [0.3, 0.4) is 0 Å². The smallest absolute Gasteiger partial charge is 0.238 e. The third-order valence-electron chi connectivity index (χ3n) is 5.86. The van der Waals surface area contributed by atoms with Crippen molar-refractivity contribution in [3.63, 3.8) is 0 Å². The van der Waals surface area contributed by atoms with Crippen molar-refractivity contribution in [3.05, 3.63) is 41.7 Å². The number of rotatable bonds is 7. The SMILES string of the molecule is COc1cc(NC(=O)CN2CCC[C@@H](c3nc4ccc(C)cc4[nH]3)C2)cc(OC)c1OC. The van der Waals surface area contributed by atoms with Gasteiger partial charge in [-0.2, -0.15) is 0 Å². The number of benzene rings is 2. The molecule has 0 unspecified atom stereocenters. The molecule has 170 valence electrons. The monoisotopic (exact) mass is 438 g/mol. The first-order valence-electron chi connectivity index (χ1n) is 10.8. The van der Waals surface area contributed by atoms with Gasteiger partial charge in [-0.3, -0.25) is 9.69 Å². The number of amides is 1. The average molecular weight is 439 g/mol. The fourth-order valence-electron chi connectivity index (χ4n) is 4.32. The van der Waals surface area contributed by atoms with Crippen LogP contribution in [0.2, 0.25) is 0 Å². The second-order valence-corrected chi connectivity index (χ2v) is 8.18. The molecule has 0 radical (unpaired) electrons. The van der Waals surface area contributed by atoms with Crippen molar-refractivity contribution >= 4 is 22.6 Å². The summed E-state index contributed by atoms with van der Waals surface area (Å²) in [5.41, 5.74) is 3.87. The molecule has 2 N–H and O–H groups in total. The van der Waals surface area contributed by atoms with Gasteiger partial charge in [0.1, 0.15) is 5.82 Å². The zero-order chi connectivity index (χ0) is 22.7. The Hall–Kier alpha value is -3.26. The van der Waals surface area contributed by atoms with Crippen molar-refractivity contribution < 1.29 is 19.0 Å².